The lowest BCUT2D eigenvalue weighted by Gasteiger charge is -2.10. The molecule has 0 aliphatic heterocycles. The summed E-state index contributed by atoms with van der Waals surface area (Å²) in [6.07, 6.45) is 1.37. The minimum Gasteiger partial charge on any atom is -0.497 e. The number of carbonyl (C=O) groups excluding carboxylic acids is 2. The lowest BCUT2D eigenvalue weighted by atomic mass is 10.1. The van der Waals surface area contributed by atoms with Crippen LogP contribution in [0.2, 0.25) is 0 Å². The molecule has 2 aromatic rings. The number of nitrogens with zero attached hydrogens (tertiary/aromatic N) is 1. The highest BCUT2D eigenvalue weighted by Gasteiger charge is 2.14. The van der Waals surface area contributed by atoms with Gasteiger partial charge in [0.05, 0.1) is 26.4 Å². The van der Waals surface area contributed by atoms with Gasteiger partial charge in [-0.3, -0.25) is 0 Å². The highest BCUT2D eigenvalue weighted by atomic mass is 16.6. The van der Waals surface area contributed by atoms with Crippen molar-refractivity contribution in [1.29, 1.82) is 5.26 Å². The van der Waals surface area contributed by atoms with Crippen LogP contribution in [0.4, 0.5) is 0 Å². The third kappa shape index (κ3) is 5.11. The number of methoxy groups -OCH3 is 2. The summed E-state index contributed by atoms with van der Waals surface area (Å²) in [4.78, 5) is 24.0. The highest BCUT2D eigenvalue weighted by molar-refractivity contribution is 5.98. The van der Waals surface area contributed by atoms with Gasteiger partial charge in [-0.2, -0.15) is 5.26 Å². The molecule has 0 aliphatic carbocycles. The topological polar surface area (TPSA) is 94.9 Å². The molecule has 0 bridgehead atoms. The van der Waals surface area contributed by atoms with E-state index in [4.69, 9.17) is 24.2 Å². The monoisotopic (exact) mass is 381 g/mol. The van der Waals surface area contributed by atoms with Gasteiger partial charge in [-0.25, -0.2) is 9.59 Å². The van der Waals surface area contributed by atoms with Crippen molar-refractivity contribution >= 4 is 18.0 Å². The lowest BCUT2D eigenvalue weighted by molar-refractivity contribution is -0.137. The minimum absolute atomic E-state index is 0.146. The van der Waals surface area contributed by atoms with Crippen LogP contribution in [0, 0.1) is 11.3 Å². The third-order valence-electron chi connectivity index (χ3n) is 3.64. The van der Waals surface area contributed by atoms with Crippen molar-refractivity contribution in [3.05, 3.63) is 59.2 Å². The molecule has 0 aliphatic rings. The second kappa shape index (κ2) is 9.78. The summed E-state index contributed by atoms with van der Waals surface area (Å²) in [6.45, 7) is 1.82. The van der Waals surface area contributed by atoms with Gasteiger partial charge in [-0.1, -0.05) is 6.07 Å². The van der Waals surface area contributed by atoms with Crippen LogP contribution in [-0.4, -0.2) is 32.8 Å². The maximum Gasteiger partial charge on any atom is 0.348 e. The fourth-order valence-corrected chi connectivity index (χ4v) is 2.26. The summed E-state index contributed by atoms with van der Waals surface area (Å²) in [6, 6.07) is 12.9. The number of carbonyl (C=O) groups is 2. The number of hydrogen-bond acceptors (Lipinski definition) is 7. The number of rotatable bonds is 7. The van der Waals surface area contributed by atoms with Gasteiger partial charge in [0.15, 0.2) is 11.5 Å². The fourth-order valence-electron chi connectivity index (χ4n) is 2.26. The Bertz CT molecular complexity index is 925. The Labute approximate surface area is 162 Å². The van der Waals surface area contributed by atoms with Gasteiger partial charge in [0.1, 0.15) is 17.4 Å². The van der Waals surface area contributed by atoms with Gasteiger partial charge < -0.3 is 18.9 Å². The Balaban J connectivity index is 2.23. The number of benzene rings is 2. The predicted octanol–water partition coefficient (Wildman–Crippen LogP) is 3.39. The van der Waals surface area contributed by atoms with E-state index in [2.05, 4.69) is 0 Å². The van der Waals surface area contributed by atoms with Gasteiger partial charge in [-0.15, -0.1) is 0 Å². The van der Waals surface area contributed by atoms with Crippen LogP contribution in [-0.2, 0) is 9.53 Å². The van der Waals surface area contributed by atoms with E-state index in [1.807, 2.05) is 0 Å². The number of esters is 2. The summed E-state index contributed by atoms with van der Waals surface area (Å²) in [5, 5.41) is 9.12. The van der Waals surface area contributed by atoms with Crippen LogP contribution in [0.3, 0.4) is 0 Å². The summed E-state index contributed by atoms with van der Waals surface area (Å²) in [5.74, 6) is -0.167. The minimum atomic E-state index is -0.709. The highest BCUT2D eigenvalue weighted by Crippen LogP contribution is 2.30. The summed E-state index contributed by atoms with van der Waals surface area (Å²) in [7, 11) is 2.96. The first-order chi connectivity index (χ1) is 13.5. The van der Waals surface area contributed by atoms with E-state index in [1.54, 1.807) is 49.4 Å². The molecule has 0 atom stereocenters. The summed E-state index contributed by atoms with van der Waals surface area (Å²) < 4.78 is 20.5. The molecular formula is C21H19NO6. The first kappa shape index (κ1) is 20.5. The molecule has 0 unspecified atom stereocenters. The van der Waals surface area contributed by atoms with E-state index in [9.17, 15) is 9.59 Å². The fraction of sp³-hybridized carbons (Fsp3) is 0.190. The number of nitriles is 1. The van der Waals surface area contributed by atoms with Gasteiger partial charge in [-0.05, 0) is 55.0 Å². The smallest absolute Gasteiger partial charge is 0.348 e. The Kier molecular flexibility index (Phi) is 7.17. The van der Waals surface area contributed by atoms with Crippen molar-refractivity contribution in [2.75, 3.05) is 20.8 Å². The SMILES string of the molecule is CCOC(=O)C(C#N)=Cc1ccc(OC(=O)c2ccc(OC)cc2)c(OC)c1. The summed E-state index contributed by atoms with van der Waals surface area (Å²) in [5.41, 5.74) is 0.721. The Morgan fingerprint density at radius 3 is 2.32 bits per heavy atom. The molecular weight excluding hydrogens is 362 g/mol. The summed E-state index contributed by atoms with van der Waals surface area (Å²) >= 11 is 0. The largest absolute Gasteiger partial charge is 0.497 e. The molecule has 2 rings (SSSR count). The molecule has 144 valence electrons. The molecule has 0 aromatic heterocycles. The van der Waals surface area contributed by atoms with Gasteiger partial charge in [0.25, 0.3) is 0 Å². The van der Waals surface area contributed by atoms with Crippen molar-refractivity contribution in [1.82, 2.24) is 0 Å². The van der Waals surface area contributed by atoms with E-state index < -0.39 is 11.9 Å². The van der Waals surface area contributed by atoms with E-state index >= 15 is 0 Å². The molecule has 0 saturated carbocycles. The predicted molar refractivity (Wildman–Crippen MR) is 101 cm³/mol. The van der Waals surface area contributed by atoms with Crippen LogP contribution in [0.25, 0.3) is 6.08 Å². The van der Waals surface area contributed by atoms with E-state index in [0.29, 0.717) is 16.9 Å². The van der Waals surface area contributed by atoms with Crippen LogP contribution in [0.15, 0.2) is 48.0 Å². The van der Waals surface area contributed by atoms with E-state index in [-0.39, 0.29) is 23.7 Å². The standard InChI is InChI=1S/C21H19NO6/c1-4-27-20(23)16(13-22)11-14-5-10-18(19(12-14)26-3)28-21(24)15-6-8-17(25-2)9-7-15/h5-12H,4H2,1-3H3. The molecule has 0 radical (unpaired) electrons. The Hall–Kier alpha value is -3.79. The molecule has 0 heterocycles. The maximum atomic E-state index is 12.3. The van der Waals surface area contributed by atoms with Gasteiger partial charge in [0.2, 0.25) is 0 Å². The zero-order chi connectivity index (χ0) is 20.5. The van der Waals surface area contributed by atoms with Crippen molar-refractivity contribution < 1.29 is 28.5 Å². The first-order valence-electron chi connectivity index (χ1n) is 8.35. The Morgan fingerprint density at radius 1 is 1.04 bits per heavy atom. The third-order valence-corrected chi connectivity index (χ3v) is 3.64. The van der Waals surface area contributed by atoms with Gasteiger partial charge >= 0.3 is 11.9 Å². The zero-order valence-electron chi connectivity index (χ0n) is 15.7. The van der Waals surface area contributed by atoms with Gasteiger partial charge in [0, 0.05) is 0 Å². The molecule has 0 saturated heterocycles. The number of ether oxygens (including phenoxy) is 4. The zero-order valence-corrected chi connectivity index (χ0v) is 15.7. The first-order valence-corrected chi connectivity index (χ1v) is 8.35. The van der Waals surface area contributed by atoms with E-state index in [1.165, 1.54) is 26.4 Å². The van der Waals surface area contributed by atoms with Crippen molar-refractivity contribution in [3.8, 4) is 23.3 Å². The maximum absolute atomic E-state index is 12.3. The Morgan fingerprint density at radius 2 is 1.75 bits per heavy atom. The van der Waals surface area contributed by atoms with Crippen LogP contribution in [0.1, 0.15) is 22.8 Å². The molecule has 7 heteroatoms. The average Bonchev–Trinajstić information content (AvgIpc) is 2.72. The molecule has 0 amide bonds. The van der Waals surface area contributed by atoms with E-state index in [0.717, 1.165) is 0 Å². The number of hydrogen-bond donors (Lipinski definition) is 0. The van der Waals surface area contributed by atoms with Crippen LogP contribution >= 0.6 is 0 Å². The van der Waals surface area contributed by atoms with Crippen molar-refractivity contribution in [3.63, 3.8) is 0 Å². The molecule has 0 fully saturated rings. The van der Waals surface area contributed by atoms with Crippen molar-refractivity contribution in [2.45, 2.75) is 6.92 Å². The molecule has 2 aromatic carbocycles. The molecule has 28 heavy (non-hydrogen) atoms. The van der Waals surface area contributed by atoms with Crippen LogP contribution in [0.5, 0.6) is 17.2 Å². The second-order valence-corrected chi connectivity index (χ2v) is 5.42. The average molecular weight is 381 g/mol. The van der Waals surface area contributed by atoms with Crippen LogP contribution < -0.4 is 14.2 Å². The quantitative estimate of drug-likeness (QED) is 0.314. The van der Waals surface area contributed by atoms with Crippen molar-refractivity contribution in [2.24, 2.45) is 0 Å². The lowest BCUT2D eigenvalue weighted by Crippen LogP contribution is -2.09. The second-order valence-electron chi connectivity index (χ2n) is 5.42. The molecule has 7 nitrogen and oxygen atoms in total. The normalized spacial score (nSPS) is 10.6. The molecule has 0 N–H and O–H groups in total. The molecule has 0 spiro atoms.